The largest absolute Gasteiger partial charge is 0.372 e. The zero-order valence-electron chi connectivity index (χ0n) is 11.9. The molecule has 2 nitrogen and oxygen atoms in total. The third kappa shape index (κ3) is 2.62. The molecule has 0 aliphatic carbocycles. The van der Waals surface area contributed by atoms with Crippen LogP contribution in [0.4, 0.5) is 0 Å². The van der Waals surface area contributed by atoms with Gasteiger partial charge in [0.25, 0.3) is 0 Å². The quantitative estimate of drug-likeness (QED) is 0.922. The van der Waals surface area contributed by atoms with Crippen molar-refractivity contribution in [2.75, 3.05) is 19.7 Å². The molecule has 1 aliphatic rings. The molecule has 1 heterocycles. The Labute approximate surface area is 120 Å². The Morgan fingerprint density at radius 1 is 0.950 bits per heavy atom. The summed E-state index contributed by atoms with van der Waals surface area (Å²) >= 11 is 0. The lowest BCUT2D eigenvalue weighted by molar-refractivity contribution is -0.0630. The van der Waals surface area contributed by atoms with Crippen LogP contribution in [-0.4, -0.2) is 25.3 Å². The van der Waals surface area contributed by atoms with Crippen LogP contribution in [-0.2, 0) is 4.74 Å². The Morgan fingerprint density at radius 3 is 1.95 bits per heavy atom. The number of hydrogen-bond donors (Lipinski definition) is 1. The smallest absolute Gasteiger partial charge is 0.0887 e. The number of nitrogens with one attached hydrogen (secondary N) is 1. The fraction of sp³-hybridized carbons (Fsp3) is 0.333. The molecule has 1 saturated heterocycles. The number of hydrogen-bond acceptors (Lipinski definition) is 2. The predicted octanol–water partition coefficient (Wildman–Crippen LogP) is 3.20. The Hall–Kier alpha value is -1.64. The van der Waals surface area contributed by atoms with Crippen LogP contribution in [0.1, 0.15) is 24.0 Å². The van der Waals surface area contributed by atoms with Gasteiger partial charge in [-0.2, -0.15) is 0 Å². The number of ether oxygens (including phenoxy) is 1. The van der Waals surface area contributed by atoms with Crippen LogP contribution in [0.25, 0.3) is 0 Å². The van der Waals surface area contributed by atoms with E-state index in [1.807, 2.05) is 0 Å². The van der Waals surface area contributed by atoms with Crippen LogP contribution < -0.4 is 5.32 Å². The first-order valence-corrected chi connectivity index (χ1v) is 7.24. The van der Waals surface area contributed by atoms with E-state index in [9.17, 15) is 0 Å². The Bertz CT molecular complexity index is 492. The molecule has 1 atom stereocenters. The van der Waals surface area contributed by atoms with E-state index in [0.717, 1.165) is 19.7 Å². The molecule has 2 aromatic rings. The highest BCUT2D eigenvalue weighted by Crippen LogP contribution is 2.37. The highest BCUT2D eigenvalue weighted by molar-refractivity contribution is 5.36. The van der Waals surface area contributed by atoms with Gasteiger partial charge in [-0.25, -0.2) is 0 Å². The van der Waals surface area contributed by atoms with Crippen LogP contribution in [0.5, 0.6) is 0 Å². The van der Waals surface area contributed by atoms with Crippen LogP contribution in [0, 0.1) is 0 Å². The van der Waals surface area contributed by atoms with Gasteiger partial charge in [-0.1, -0.05) is 60.7 Å². The second kappa shape index (κ2) is 5.78. The SMILES string of the molecule is CC1(C(c2ccccc2)c2ccccc2)CNCCO1. The Morgan fingerprint density at radius 2 is 1.50 bits per heavy atom. The number of morpholine rings is 1. The van der Waals surface area contributed by atoms with Crippen molar-refractivity contribution >= 4 is 0 Å². The van der Waals surface area contributed by atoms with Crippen molar-refractivity contribution in [1.82, 2.24) is 5.32 Å². The molecule has 1 aliphatic heterocycles. The van der Waals surface area contributed by atoms with E-state index >= 15 is 0 Å². The molecule has 1 unspecified atom stereocenters. The first-order chi connectivity index (χ1) is 9.80. The second-order valence-corrected chi connectivity index (χ2v) is 5.59. The highest BCUT2D eigenvalue weighted by Gasteiger charge is 2.38. The third-order valence-electron chi connectivity index (χ3n) is 4.06. The fourth-order valence-corrected chi connectivity index (χ4v) is 3.12. The molecule has 0 bridgehead atoms. The Kier molecular flexibility index (Phi) is 3.86. The maximum absolute atomic E-state index is 6.17. The summed E-state index contributed by atoms with van der Waals surface area (Å²) in [6.07, 6.45) is 0. The standard InChI is InChI=1S/C18H21NO/c1-18(14-19-12-13-20-18)17(15-8-4-2-5-9-15)16-10-6-3-7-11-16/h2-11,17,19H,12-14H2,1H3. The van der Waals surface area contributed by atoms with Gasteiger partial charge >= 0.3 is 0 Å². The highest BCUT2D eigenvalue weighted by atomic mass is 16.5. The first kappa shape index (κ1) is 13.3. The molecule has 3 rings (SSSR count). The molecule has 0 saturated carbocycles. The summed E-state index contributed by atoms with van der Waals surface area (Å²) in [6, 6.07) is 21.3. The number of rotatable bonds is 3. The van der Waals surface area contributed by atoms with Crippen molar-refractivity contribution in [2.45, 2.75) is 18.4 Å². The van der Waals surface area contributed by atoms with Crippen LogP contribution in [0.15, 0.2) is 60.7 Å². The molecular formula is C18H21NO. The van der Waals surface area contributed by atoms with Gasteiger partial charge in [-0.05, 0) is 18.1 Å². The van der Waals surface area contributed by atoms with E-state index in [1.165, 1.54) is 11.1 Å². The minimum atomic E-state index is -0.207. The topological polar surface area (TPSA) is 21.3 Å². The lowest BCUT2D eigenvalue weighted by atomic mass is 9.77. The van der Waals surface area contributed by atoms with Gasteiger partial charge in [0, 0.05) is 19.0 Å². The molecule has 1 N–H and O–H groups in total. The van der Waals surface area contributed by atoms with Crippen molar-refractivity contribution in [2.24, 2.45) is 0 Å². The zero-order chi connectivity index (χ0) is 13.8. The summed E-state index contributed by atoms with van der Waals surface area (Å²) in [4.78, 5) is 0. The van der Waals surface area contributed by atoms with Crippen molar-refractivity contribution < 1.29 is 4.74 Å². The van der Waals surface area contributed by atoms with E-state index in [4.69, 9.17) is 4.74 Å². The molecule has 20 heavy (non-hydrogen) atoms. The predicted molar refractivity (Wildman–Crippen MR) is 82.0 cm³/mol. The molecule has 1 fully saturated rings. The summed E-state index contributed by atoms with van der Waals surface area (Å²) in [5.74, 6) is 0.248. The summed E-state index contributed by atoms with van der Waals surface area (Å²) in [7, 11) is 0. The van der Waals surface area contributed by atoms with Gasteiger partial charge in [0.2, 0.25) is 0 Å². The maximum atomic E-state index is 6.17. The second-order valence-electron chi connectivity index (χ2n) is 5.59. The molecule has 0 aromatic heterocycles. The fourth-order valence-electron chi connectivity index (χ4n) is 3.12. The van der Waals surface area contributed by atoms with Gasteiger partial charge in [0.05, 0.1) is 12.2 Å². The summed E-state index contributed by atoms with van der Waals surface area (Å²) in [5.41, 5.74) is 2.41. The van der Waals surface area contributed by atoms with Gasteiger partial charge in [-0.3, -0.25) is 0 Å². The summed E-state index contributed by atoms with van der Waals surface area (Å²) < 4.78 is 6.17. The maximum Gasteiger partial charge on any atom is 0.0887 e. The third-order valence-corrected chi connectivity index (χ3v) is 4.06. The summed E-state index contributed by atoms with van der Waals surface area (Å²) in [6.45, 7) is 4.80. The minimum Gasteiger partial charge on any atom is -0.372 e. The summed E-state index contributed by atoms with van der Waals surface area (Å²) in [5, 5.41) is 3.47. The molecule has 0 radical (unpaired) electrons. The van der Waals surface area contributed by atoms with E-state index in [2.05, 4.69) is 72.9 Å². The normalized spacial score (nSPS) is 22.9. The molecular weight excluding hydrogens is 246 g/mol. The van der Waals surface area contributed by atoms with Gasteiger partial charge < -0.3 is 10.1 Å². The van der Waals surface area contributed by atoms with Gasteiger partial charge in [-0.15, -0.1) is 0 Å². The van der Waals surface area contributed by atoms with Gasteiger partial charge in [0.15, 0.2) is 0 Å². The van der Waals surface area contributed by atoms with Gasteiger partial charge in [0.1, 0.15) is 0 Å². The van der Waals surface area contributed by atoms with Crippen molar-refractivity contribution in [1.29, 1.82) is 0 Å². The monoisotopic (exact) mass is 267 g/mol. The number of benzene rings is 2. The molecule has 104 valence electrons. The molecule has 0 amide bonds. The molecule has 0 spiro atoms. The average Bonchev–Trinajstić information content (AvgIpc) is 2.50. The average molecular weight is 267 g/mol. The van der Waals surface area contributed by atoms with Crippen LogP contribution in [0.2, 0.25) is 0 Å². The molecule has 2 aromatic carbocycles. The van der Waals surface area contributed by atoms with Crippen LogP contribution >= 0.6 is 0 Å². The zero-order valence-corrected chi connectivity index (χ0v) is 11.9. The molecule has 2 heteroatoms. The van der Waals surface area contributed by atoms with E-state index in [0.29, 0.717) is 0 Å². The minimum absolute atomic E-state index is 0.207. The Balaban J connectivity index is 2.04. The van der Waals surface area contributed by atoms with E-state index in [-0.39, 0.29) is 11.5 Å². The lowest BCUT2D eigenvalue weighted by Crippen LogP contribution is -2.51. The van der Waals surface area contributed by atoms with Crippen molar-refractivity contribution in [3.05, 3.63) is 71.8 Å². The van der Waals surface area contributed by atoms with Crippen molar-refractivity contribution in [3.8, 4) is 0 Å². The van der Waals surface area contributed by atoms with Crippen molar-refractivity contribution in [3.63, 3.8) is 0 Å². The van der Waals surface area contributed by atoms with E-state index < -0.39 is 0 Å². The first-order valence-electron chi connectivity index (χ1n) is 7.24. The van der Waals surface area contributed by atoms with Crippen LogP contribution in [0.3, 0.4) is 0 Å². The lowest BCUT2D eigenvalue weighted by Gasteiger charge is -2.41. The van der Waals surface area contributed by atoms with E-state index in [1.54, 1.807) is 0 Å².